The number of nitrogens with zero attached hydrogens (tertiary/aromatic N) is 2. The highest BCUT2D eigenvalue weighted by atomic mass is 35.5. The molecule has 1 fully saturated rings. The summed E-state index contributed by atoms with van der Waals surface area (Å²) >= 11 is 5.96. The van der Waals surface area contributed by atoms with Crippen LogP contribution in [0.5, 0.6) is 0 Å². The fourth-order valence-corrected chi connectivity index (χ4v) is 2.45. The van der Waals surface area contributed by atoms with E-state index < -0.39 is 5.60 Å². The summed E-state index contributed by atoms with van der Waals surface area (Å²) in [7, 11) is 0. The average Bonchev–Trinajstić information content (AvgIpc) is 2.83. The van der Waals surface area contributed by atoms with Gasteiger partial charge in [-0.15, -0.1) is 0 Å². The Hall–Kier alpha value is -1.43. The van der Waals surface area contributed by atoms with Crippen LogP contribution in [0.25, 0.3) is 0 Å². The average molecular weight is 288 g/mol. The van der Waals surface area contributed by atoms with Gasteiger partial charge in [-0.2, -0.15) is 0 Å². The number of rotatable bonds is 1. The SMILES string of the molecule is CC(C)(C)OC(=O)N1CCCC1c1c(Cl)noc1N. The summed E-state index contributed by atoms with van der Waals surface area (Å²) in [6.45, 7) is 6.10. The lowest BCUT2D eigenvalue weighted by Gasteiger charge is -2.28. The minimum atomic E-state index is -0.534. The second-order valence-corrected chi connectivity index (χ2v) is 5.94. The molecule has 1 aromatic heterocycles. The Morgan fingerprint density at radius 1 is 1.58 bits per heavy atom. The normalized spacial score (nSPS) is 19.8. The smallest absolute Gasteiger partial charge is 0.410 e. The first-order chi connectivity index (χ1) is 8.79. The second kappa shape index (κ2) is 4.92. The fourth-order valence-electron chi connectivity index (χ4n) is 2.20. The van der Waals surface area contributed by atoms with E-state index in [0.717, 1.165) is 12.8 Å². The van der Waals surface area contributed by atoms with Gasteiger partial charge >= 0.3 is 6.09 Å². The van der Waals surface area contributed by atoms with E-state index >= 15 is 0 Å². The molecule has 0 aliphatic carbocycles. The minimum absolute atomic E-state index is 0.158. The first kappa shape index (κ1) is 14.0. The Morgan fingerprint density at radius 2 is 2.26 bits per heavy atom. The molecule has 0 saturated carbocycles. The quantitative estimate of drug-likeness (QED) is 0.858. The predicted octanol–water partition coefficient (Wildman–Crippen LogP) is 2.98. The van der Waals surface area contributed by atoms with Crippen molar-refractivity contribution < 1.29 is 14.1 Å². The fraction of sp³-hybridized carbons (Fsp3) is 0.667. The van der Waals surface area contributed by atoms with Gasteiger partial charge < -0.3 is 19.9 Å². The second-order valence-electron chi connectivity index (χ2n) is 5.58. The van der Waals surface area contributed by atoms with Crippen LogP contribution >= 0.6 is 11.6 Å². The summed E-state index contributed by atoms with van der Waals surface area (Å²) in [4.78, 5) is 13.8. The van der Waals surface area contributed by atoms with E-state index in [1.165, 1.54) is 0 Å². The number of likely N-dealkylation sites (tertiary alicyclic amines) is 1. The third-order valence-corrected chi connectivity index (χ3v) is 3.20. The molecule has 6 nitrogen and oxygen atoms in total. The molecule has 1 amide bonds. The van der Waals surface area contributed by atoms with Crippen LogP contribution in [0.3, 0.4) is 0 Å². The van der Waals surface area contributed by atoms with Crippen molar-refractivity contribution in [2.75, 3.05) is 12.3 Å². The highest BCUT2D eigenvalue weighted by Gasteiger charge is 2.37. The van der Waals surface area contributed by atoms with Crippen molar-refractivity contribution >= 4 is 23.6 Å². The topological polar surface area (TPSA) is 81.6 Å². The van der Waals surface area contributed by atoms with E-state index in [4.69, 9.17) is 26.6 Å². The van der Waals surface area contributed by atoms with E-state index in [1.807, 2.05) is 20.8 Å². The molecule has 19 heavy (non-hydrogen) atoms. The number of nitrogens with two attached hydrogens (primary N) is 1. The molecule has 0 bridgehead atoms. The van der Waals surface area contributed by atoms with Gasteiger partial charge in [0.05, 0.1) is 11.6 Å². The summed E-state index contributed by atoms with van der Waals surface area (Å²) in [6, 6.07) is -0.228. The van der Waals surface area contributed by atoms with Gasteiger partial charge in [0.2, 0.25) is 5.88 Å². The first-order valence-corrected chi connectivity index (χ1v) is 6.57. The number of anilines is 1. The largest absolute Gasteiger partial charge is 0.444 e. The Balaban J connectivity index is 2.20. The number of carbonyl (C=O) groups is 1. The highest BCUT2D eigenvalue weighted by Crippen LogP contribution is 2.39. The van der Waals surface area contributed by atoms with Crippen LogP contribution in [0.2, 0.25) is 5.15 Å². The van der Waals surface area contributed by atoms with Gasteiger partial charge in [0.1, 0.15) is 5.60 Å². The van der Waals surface area contributed by atoms with E-state index in [2.05, 4.69) is 5.16 Å². The van der Waals surface area contributed by atoms with E-state index in [0.29, 0.717) is 12.1 Å². The molecule has 1 aliphatic rings. The number of nitrogen functional groups attached to an aromatic ring is 1. The van der Waals surface area contributed by atoms with Crippen LogP contribution in [-0.4, -0.2) is 28.3 Å². The van der Waals surface area contributed by atoms with Gasteiger partial charge in [-0.1, -0.05) is 16.8 Å². The molecule has 2 heterocycles. The summed E-state index contributed by atoms with van der Waals surface area (Å²) in [5.74, 6) is 0.158. The van der Waals surface area contributed by atoms with Gasteiger partial charge in [0.15, 0.2) is 5.15 Å². The zero-order chi connectivity index (χ0) is 14.2. The Labute approximate surface area is 116 Å². The third-order valence-electron chi connectivity index (χ3n) is 2.93. The van der Waals surface area contributed by atoms with E-state index in [-0.39, 0.29) is 23.2 Å². The summed E-state index contributed by atoms with van der Waals surface area (Å²) < 4.78 is 10.2. The Morgan fingerprint density at radius 3 is 2.79 bits per heavy atom. The molecule has 1 unspecified atom stereocenters. The monoisotopic (exact) mass is 287 g/mol. The number of amides is 1. The minimum Gasteiger partial charge on any atom is -0.444 e. The zero-order valence-corrected chi connectivity index (χ0v) is 12.0. The van der Waals surface area contributed by atoms with Gasteiger partial charge in [-0.25, -0.2) is 4.79 Å². The van der Waals surface area contributed by atoms with Crippen molar-refractivity contribution in [3.05, 3.63) is 10.7 Å². The van der Waals surface area contributed by atoms with Gasteiger partial charge in [0.25, 0.3) is 0 Å². The number of aromatic nitrogens is 1. The Bertz CT molecular complexity index is 462. The molecular formula is C12H18ClN3O3. The molecule has 106 valence electrons. The molecule has 7 heteroatoms. The summed E-state index contributed by atoms with van der Waals surface area (Å²) in [6.07, 6.45) is 1.27. The van der Waals surface area contributed by atoms with Crippen molar-refractivity contribution in [3.8, 4) is 0 Å². The molecule has 0 radical (unpaired) electrons. The first-order valence-electron chi connectivity index (χ1n) is 6.20. The van der Waals surface area contributed by atoms with Gasteiger partial charge in [0, 0.05) is 6.54 Å². The number of ether oxygens (including phenoxy) is 1. The molecule has 1 aliphatic heterocycles. The highest BCUT2D eigenvalue weighted by molar-refractivity contribution is 6.30. The molecule has 2 rings (SSSR count). The molecule has 1 saturated heterocycles. The van der Waals surface area contributed by atoms with Gasteiger partial charge in [-0.3, -0.25) is 0 Å². The van der Waals surface area contributed by atoms with Crippen molar-refractivity contribution in [1.82, 2.24) is 10.1 Å². The van der Waals surface area contributed by atoms with Crippen molar-refractivity contribution in [2.24, 2.45) is 0 Å². The van der Waals surface area contributed by atoms with E-state index in [9.17, 15) is 4.79 Å². The lowest BCUT2D eigenvalue weighted by molar-refractivity contribution is 0.0225. The summed E-state index contributed by atoms with van der Waals surface area (Å²) in [5.41, 5.74) is 5.76. The van der Waals surface area contributed by atoms with Crippen LogP contribution < -0.4 is 5.73 Å². The van der Waals surface area contributed by atoms with Crippen LogP contribution in [0.4, 0.5) is 10.7 Å². The number of hydrogen-bond donors (Lipinski definition) is 1. The van der Waals surface area contributed by atoms with Crippen molar-refractivity contribution in [1.29, 1.82) is 0 Å². The number of carbonyl (C=O) groups excluding carboxylic acids is 1. The molecule has 1 atom stereocenters. The number of hydrogen-bond acceptors (Lipinski definition) is 5. The van der Waals surface area contributed by atoms with Crippen molar-refractivity contribution in [3.63, 3.8) is 0 Å². The Kier molecular flexibility index (Phi) is 3.62. The molecule has 2 N–H and O–H groups in total. The van der Waals surface area contributed by atoms with Crippen LogP contribution in [0.1, 0.15) is 45.2 Å². The number of halogens is 1. The predicted molar refractivity (Wildman–Crippen MR) is 70.8 cm³/mol. The maximum atomic E-state index is 12.2. The zero-order valence-electron chi connectivity index (χ0n) is 11.3. The lowest BCUT2D eigenvalue weighted by atomic mass is 10.1. The maximum Gasteiger partial charge on any atom is 0.410 e. The third kappa shape index (κ3) is 2.94. The van der Waals surface area contributed by atoms with E-state index in [1.54, 1.807) is 4.90 Å². The molecular weight excluding hydrogens is 270 g/mol. The molecule has 1 aromatic rings. The van der Waals surface area contributed by atoms with Crippen LogP contribution in [0, 0.1) is 0 Å². The maximum absolute atomic E-state index is 12.2. The van der Waals surface area contributed by atoms with Gasteiger partial charge in [-0.05, 0) is 33.6 Å². The van der Waals surface area contributed by atoms with Crippen LogP contribution in [-0.2, 0) is 4.74 Å². The lowest BCUT2D eigenvalue weighted by Crippen LogP contribution is -2.36. The molecule has 0 aromatic carbocycles. The molecule has 0 spiro atoms. The van der Waals surface area contributed by atoms with Crippen LogP contribution in [0.15, 0.2) is 4.52 Å². The standard InChI is InChI=1S/C12H18ClN3O3/c1-12(2,3)18-11(17)16-6-4-5-7(16)8-9(13)15-19-10(8)14/h7H,4-6,14H2,1-3H3. The summed E-state index contributed by atoms with van der Waals surface area (Å²) in [5, 5.41) is 3.82. The van der Waals surface area contributed by atoms with Crippen molar-refractivity contribution in [2.45, 2.75) is 45.3 Å².